The summed E-state index contributed by atoms with van der Waals surface area (Å²) in [7, 11) is 0. The van der Waals surface area contributed by atoms with Crippen molar-refractivity contribution in [3.63, 3.8) is 0 Å². The summed E-state index contributed by atoms with van der Waals surface area (Å²) in [6.07, 6.45) is 5.26. The van der Waals surface area contributed by atoms with Gasteiger partial charge >= 0.3 is 0 Å². The van der Waals surface area contributed by atoms with Gasteiger partial charge in [-0.1, -0.05) is 13.3 Å². The van der Waals surface area contributed by atoms with Crippen molar-refractivity contribution in [1.82, 2.24) is 5.32 Å². The Balaban J connectivity index is 0.00000162. The zero-order valence-electron chi connectivity index (χ0n) is 11.2. The van der Waals surface area contributed by atoms with Crippen LogP contribution < -0.4 is 11.1 Å². The van der Waals surface area contributed by atoms with E-state index in [-0.39, 0.29) is 23.7 Å². The van der Waals surface area contributed by atoms with Crippen molar-refractivity contribution in [1.29, 1.82) is 0 Å². The molecule has 0 unspecified atom stereocenters. The fourth-order valence-electron chi connectivity index (χ4n) is 2.72. The lowest BCUT2D eigenvalue weighted by Crippen LogP contribution is -2.51. The van der Waals surface area contributed by atoms with E-state index in [0.29, 0.717) is 25.2 Å². The number of nitrogens with two attached hydrogens (primary N) is 1. The van der Waals surface area contributed by atoms with Gasteiger partial charge in [0.15, 0.2) is 0 Å². The molecule has 0 aromatic carbocycles. The van der Waals surface area contributed by atoms with Crippen molar-refractivity contribution in [2.75, 3.05) is 26.3 Å². The van der Waals surface area contributed by atoms with Crippen LogP contribution in [0.25, 0.3) is 0 Å². The van der Waals surface area contributed by atoms with E-state index in [4.69, 9.17) is 10.5 Å². The molecule has 4 nitrogen and oxygen atoms in total. The summed E-state index contributed by atoms with van der Waals surface area (Å²) >= 11 is 0. The van der Waals surface area contributed by atoms with Crippen LogP contribution in [0.3, 0.4) is 0 Å². The second-order valence-electron chi connectivity index (χ2n) is 5.94. The van der Waals surface area contributed by atoms with Crippen molar-refractivity contribution >= 4 is 18.3 Å². The molecule has 2 rings (SSSR count). The normalized spacial score (nSPS) is 24.6. The maximum Gasteiger partial charge on any atom is 0.227 e. The first kappa shape index (κ1) is 15.7. The lowest BCUT2D eigenvalue weighted by atomic mass is 9.70. The number of rotatable bonds is 4. The maximum atomic E-state index is 12.3. The van der Waals surface area contributed by atoms with E-state index in [0.717, 1.165) is 19.4 Å². The molecule has 0 aromatic heterocycles. The number of carbonyl (C=O) groups excluding carboxylic acids is 1. The standard InChI is InChI=1S/C13H24N2O2.ClH/c1-12(3-2-4-12)10-15-11(16)13(9-14)5-7-17-8-6-13;/h2-10,14H2,1H3,(H,15,16);1H. The molecule has 0 bridgehead atoms. The van der Waals surface area contributed by atoms with E-state index < -0.39 is 0 Å². The first-order chi connectivity index (χ1) is 8.10. The molecule has 2 fully saturated rings. The Morgan fingerprint density at radius 1 is 1.28 bits per heavy atom. The van der Waals surface area contributed by atoms with Gasteiger partial charge in [-0.2, -0.15) is 0 Å². The Hall–Kier alpha value is -0.320. The summed E-state index contributed by atoms with van der Waals surface area (Å²) in [5, 5.41) is 3.11. The Labute approximate surface area is 115 Å². The molecule has 0 radical (unpaired) electrons. The third kappa shape index (κ3) is 3.16. The van der Waals surface area contributed by atoms with Gasteiger partial charge in [0.25, 0.3) is 0 Å². The summed E-state index contributed by atoms with van der Waals surface area (Å²) in [5.74, 6) is 0.136. The lowest BCUT2D eigenvalue weighted by molar-refractivity contribution is -0.136. The van der Waals surface area contributed by atoms with Crippen LogP contribution in [0.1, 0.15) is 39.0 Å². The fourth-order valence-corrected chi connectivity index (χ4v) is 2.72. The highest BCUT2D eigenvalue weighted by atomic mass is 35.5. The molecule has 5 heteroatoms. The van der Waals surface area contributed by atoms with Crippen molar-refractivity contribution in [2.24, 2.45) is 16.6 Å². The molecule has 0 aromatic rings. The molecule has 18 heavy (non-hydrogen) atoms. The fraction of sp³-hybridized carbons (Fsp3) is 0.923. The molecule has 1 aliphatic heterocycles. The van der Waals surface area contributed by atoms with Crippen LogP contribution in [-0.4, -0.2) is 32.2 Å². The molecular formula is C13H25ClN2O2. The van der Waals surface area contributed by atoms with Crippen LogP contribution in [0, 0.1) is 10.8 Å². The molecule has 1 amide bonds. The number of hydrogen-bond acceptors (Lipinski definition) is 3. The van der Waals surface area contributed by atoms with Gasteiger partial charge in [0.1, 0.15) is 0 Å². The number of carbonyl (C=O) groups is 1. The summed E-state index contributed by atoms with van der Waals surface area (Å²) < 4.78 is 5.32. The van der Waals surface area contributed by atoms with E-state index in [9.17, 15) is 4.79 Å². The van der Waals surface area contributed by atoms with Crippen LogP contribution in [0.5, 0.6) is 0 Å². The van der Waals surface area contributed by atoms with E-state index in [1.165, 1.54) is 19.3 Å². The van der Waals surface area contributed by atoms with Crippen LogP contribution >= 0.6 is 12.4 Å². The zero-order chi connectivity index (χ0) is 12.4. The molecule has 0 atom stereocenters. The minimum absolute atomic E-state index is 0. The lowest BCUT2D eigenvalue weighted by Gasteiger charge is -2.40. The zero-order valence-corrected chi connectivity index (χ0v) is 12.0. The highest BCUT2D eigenvalue weighted by Gasteiger charge is 2.40. The average molecular weight is 277 g/mol. The number of amides is 1. The van der Waals surface area contributed by atoms with Crippen molar-refractivity contribution in [3.05, 3.63) is 0 Å². The van der Waals surface area contributed by atoms with Crippen molar-refractivity contribution in [2.45, 2.75) is 39.0 Å². The highest BCUT2D eigenvalue weighted by Crippen LogP contribution is 2.40. The number of hydrogen-bond donors (Lipinski definition) is 2. The number of ether oxygens (including phenoxy) is 1. The summed E-state index contributed by atoms with van der Waals surface area (Å²) in [4.78, 5) is 12.3. The quantitative estimate of drug-likeness (QED) is 0.817. The van der Waals surface area contributed by atoms with Gasteiger partial charge in [0.05, 0.1) is 5.41 Å². The number of nitrogens with one attached hydrogen (secondary N) is 1. The molecule has 2 aliphatic rings. The van der Waals surface area contributed by atoms with Crippen LogP contribution in [0.15, 0.2) is 0 Å². The Bertz CT molecular complexity index is 287. The Morgan fingerprint density at radius 3 is 2.33 bits per heavy atom. The van der Waals surface area contributed by atoms with Crippen molar-refractivity contribution < 1.29 is 9.53 Å². The van der Waals surface area contributed by atoms with Crippen LogP contribution in [-0.2, 0) is 9.53 Å². The molecule has 106 valence electrons. The second-order valence-corrected chi connectivity index (χ2v) is 5.94. The highest BCUT2D eigenvalue weighted by molar-refractivity contribution is 5.85. The van der Waals surface area contributed by atoms with Gasteiger partial charge in [-0.05, 0) is 31.1 Å². The number of halogens is 1. The van der Waals surface area contributed by atoms with Crippen LogP contribution in [0.2, 0.25) is 0 Å². The van der Waals surface area contributed by atoms with E-state index in [1.54, 1.807) is 0 Å². The smallest absolute Gasteiger partial charge is 0.227 e. The van der Waals surface area contributed by atoms with E-state index in [1.807, 2.05) is 0 Å². The maximum absolute atomic E-state index is 12.3. The monoisotopic (exact) mass is 276 g/mol. The first-order valence-corrected chi connectivity index (χ1v) is 6.66. The van der Waals surface area contributed by atoms with E-state index in [2.05, 4.69) is 12.2 Å². The average Bonchev–Trinajstić information content (AvgIpc) is 2.34. The predicted molar refractivity (Wildman–Crippen MR) is 73.8 cm³/mol. The third-order valence-corrected chi connectivity index (χ3v) is 4.56. The minimum Gasteiger partial charge on any atom is -0.381 e. The first-order valence-electron chi connectivity index (χ1n) is 6.66. The molecule has 1 saturated carbocycles. The Morgan fingerprint density at radius 2 is 1.89 bits per heavy atom. The van der Waals surface area contributed by atoms with Crippen molar-refractivity contribution in [3.8, 4) is 0 Å². The summed E-state index contributed by atoms with van der Waals surface area (Å²) in [5.41, 5.74) is 5.76. The van der Waals surface area contributed by atoms with Gasteiger partial charge in [-0.3, -0.25) is 4.79 Å². The SMILES string of the molecule is CC1(CNC(=O)C2(CN)CCOCC2)CCC1.Cl. The molecule has 1 saturated heterocycles. The summed E-state index contributed by atoms with van der Waals surface area (Å²) in [6, 6.07) is 0. The molecule has 1 heterocycles. The van der Waals surface area contributed by atoms with Gasteiger partial charge in [-0.25, -0.2) is 0 Å². The third-order valence-electron chi connectivity index (χ3n) is 4.56. The molecular weight excluding hydrogens is 252 g/mol. The molecule has 3 N–H and O–H groups in total. The van der Waals surface area contributed by atoms with Gasteiger partial charge in [0.2, 0.25) is 5.91 Å². The van der Waals surface area contributed by atoms with Gasteiger partial charge < -0.3 is 15.8 Å². The predicted octanol–water partition coefficient (Wildman–Crippen LogP) is 1.47. The van der Waals surface area contributed by atoms with Gasteiger partial charge in [-0.15, -0.1) is 12.4 Å². The largest absolute Gasteiger partial charge is 0.381 e. The van der Waals surface area contributed by atoms with E-state index >= 15 is 0 Å². The summed E-state index contributed by atoms with van der Waals surface area (Å²) in [6.45, 7) is 4.78. The Kier molecular flexibility index (Phi) is 5.44. The van der Waals surface area contributed by atoms with Gasteiger partial charge in [0, 0.05) is 26.3 Å². The van der Waals surface area contributed by atoms with Crippen LogP contribution in [0.4, 0.5) is 0 Å². The molecule has 0 spiro atoms. The topological polar surface area (TPSA) is 64.4 Å². The molecule has 1 aliphatic carbocycles. The second kappa shape index (κ2) is 6.22. The minimum atomic E-state index is -0.377.